The van der Waals surface area contributed by atoms with Crippen LogP contribution in [0.2, 0.25) is 0 Å². The number of benzene rings is 1. The van der Waals surface area contributed by atoms with E-state index in [1.165, 1.54) is 18.2 Å². The number of hydrogen-bond acceptors (Lipinski definition) is 7. The number of nitrogens with zero attached hydrogens (tertiary/aromatic N) is 1. The van der Waals surface area contributed by atoms with E-state index < -0.39 is 28.0 Å². The van der Waals surface area contributed by atoms with Crippen molar-refractivity contribution in [2.24, 2.45) is 0 Å². The predicted molar refractivity (Wildman–Crippen MR) is 95.4 cm³/mol. The third-order valence-corrected chi connectivity index (χ3v) is 3.81. The molecule has 26 heavy (non-hydrogen) atoms. The van der Waals surface area contributed by atoms with Gasteiger partial charge in [-0.1, -0.05) is 12.1 Å². The molecule has 0 fully saturated rings. The number of thioether (sulfide) groups is 1. The van der Waals surface area contributed by atoms with Crippen molar-refractivity contribution in [3.05, 3.63) is 61.3 Å². The third kappa shape index (κ3) is 5.59. The zero-order chi connectivity index (χ0) is 19.1. The van der Waals surface area contributed by atoms with Crippen molar-refractivity contribution in [2.75, 3.05) is 22.1 Å². The normalized spacial score (nSPS) is 10.2. The molecule has 2 aromatic rings. The second-order valence-corrected chi connectivity index (χ2v) is 5.85. The monoisotopic (exact) mass is 379 g/mol. The molecule has 0 radical (unpaired) electrons. The highest BCUT2D eigenvalue weighted by molar-refractivity contribution is 8.00. The van der Waals surface area contributed by atoms with Gasteiger partial charge in [0.2, 0.25) is 11.8 Å². The molecule has 0 atom stereocenters. The summed E-state index contributed by atoms with van der Waals surface area (Å²) in [6.45, 7) is 0. The maximum Gasteiger partial charge on any atom is 0.327 e. The van der Waals surface area contributed by atoms with Crippen molar-refractivity contribution < 1.29 is 14.5 Å². The van der Waals surface area contributed by atoms with Crippen LogP contribution >= 0.6 is 11.8 Å². The first-order valence-corrected chi connectivity index (χ1v) is 8.25. The zero-order valence-electron chi connectivity index (χ0n) is 13.1. The number of hydrogen-bond donors (Lipinski definition) is 4. The van der Waals surface area contributed by atoms with Gasteiger partial charge in [0.1, 0.15) is 11.5 Å². The van der Waals surface area contributed by atoms with Gasteiger partial charge in [0.25, 0.3) is 11.2 Å². The number of carbonyl (C=O) groups excluding carboxylic acids is 2. The minimum absolute atomic E-state index is 0.0614. The van der Waals surface area contributed by atoms with E-state index in [0.29, 0.717) is 0 Å². The highest BCUT2D eigenvalue weighted by Crippen LogP contribution is 2.23. The van der Waals surface area contributed by atoms with E-state index in [2.05, 4.69) is 15.6 Å². The summed E-state index contributed by atoms with van der Waals surface area (Å²) in [6, 6.07) is 6.69. The highest BCUT2D eigenvalue weighted by Gasteiger charge is 2.15. The molecule has 2 amide bonds. The van der Waals surface area contributed by atoms with Crippen LogP contribution < -0.4 is 21.9 Å². The fourth-order valence-corrected chi connectivity index (χ4v) is 2.50. The summed E-state index contributed by atoms with van der Waals surface area (Å²) in [5.74, 6) is -1.35. The number of aromatic amines is 2. The lowest BCUT2D eigenvalue weighted by molar-refractivity contribution is -0.383. The first-order chi connectivity index (χ1) is 12.3. The molecule has 0 unspecified atom stereocenters. The Kier molecular flexibility index (Phi) is 6.27. The third-order valence-electron chi connectivity index (χ3n) is 2.88. The quantitative estimate of drug-likeness (QED) is 0.396. The van der Waals surface area contributed by atoms with Gasteiger partial charge in [0.15, 0.2) is 0 Å². The van der Waals surface area contributed by atoms with Crippen molar-refractivity contribution in [1.82, 2.24) is 9.97 Å². The Hall–Kier alpha value is -3.41. The Balaban J connectivity index is 1.83. The van der Waals surface area contributed by atoms with E-state index in [4.69, 9.17) is 0 Å². The van der Waals surface area contributed by atoms with E-state index in [9.17, 15) is 29.3 Å². The molecule has 0 saturated carbocycles. The summed E-state index contributed by atoms with van der Waals surface area (Å²) in [5, 5.41) is 15.6. The van der Waals surface area contributed by atoms with Crippen LogP contribution in [-0.4, -0.2) is 38.2 Å². The van der Waals surface area contributed by atoms with E-state index >= 15 is 0 Å². The van der Waals surface area contributed by atoms with Crippen molar-refractivity contribution >= 4 is 40.8 Å². The van der Waals surface area contributed by atoms with Crippen molar-refractivity contribution in [1.29, 1.82) is 0 Å². The number of aromatic nitrogens is 2. The number of rotatable bonds is 7. The van der Waals surface area contributed by atoms with Crippen LogP contribution in [0.1, 0.15) is 0 Å². The van der Waals surface area contributed by atoms with Crippen LogP contribution in [0.3, 0.4) is 0 Å². The molecule has 1 heterocycles. The molecule has 0 aliphatic rings. The summed E-state index contributed by atoms with van der Waals surface area (Å²) in [5.41, 5.74) is -1.60. The predicted octanol–water partition coefficient (Wildman–Crippen LogP) is 0.282. The van der Waals surface area contributed by atoms with Gasteiger partial charge in [-0.3, -0.25) is 34.5 Å². The van der Waals surface area contributed by atoms with Gasteiger partial charge >= 0.3 is 5.69 Å². The molecule has 0 aliphatic carbocycles. The average Bonchev–Trinajstić information content (AvgIpc) is 2.54. The first kappa shape index (κ1) is 18.9. The summed E-state index contributed by atoms with van der Waals surface area (Å²) in [7, 11) is 0. The largest absolute Gasteiger partial charge is 0.327 e. The van der Waals surface area contributed by atoms with Crippen molar-refractivity contribution in [2.45, 2.75) is 0 Å². The maximum atomic E-state index is 11.8. The van der Waals surface area contributed by atoms with Gasteiger partial charge < -0.3 is 10.6 Å². The number of nitrogens with one attached hydrogen (secondary N) is 4. The molecule has 0 aliphatic heterocycles. The fraction of sp³-hybridized carbons (Fsp3) is 0.143. The molecular weight excluding hydrogens is 366 g/mol. The number of amides is 2. The Bertz CT molecular complexity index is 925. The number of nitro groups is 1. The Morgan fingerprint density at radius 1 is 1.08 bits per heavy atom. The van der Waals surface area contributed by atoms with Crippen molar-refractivity contribution in [3.8, 4) is 0 Å². The molecule has 1 aromatic heterocycles. The van der Waals surface area contributed by atoms with Gasteiger partial charge in [-0.15, -0.1) is 11.8 Å². The van der Waals surface area contributed by atoms with Gasteiger partial charge in [-0.2, -0.15) is 0 Å². The number of nitro benzene ring substituents is 1. The minimum atomic E-state index is -0.760. The topological polar surface area (TPSA) is 167 Å². The van der Waals surface area contributed by atoms with Crippen LogP contribution in [0.25, 0.3) is 0 Å². The lowest BCUT2D eigenvalue weighted by Crippen LogP contribution is -2.25. The summed E-state index contributed by atoms with van der Waals surface area (Å²) >= 11 is 0.959. The zero-order valence-corrected chi connectivity index (χ0v) is 13.9. The fourth-order valence-electron chi connectivity index (χ4n) is 1.88. The van der Waals surface area contributed by atoms with Gasteiger partial charge in [0, 0.05) is 12.1 Å². The second-order valence-electron chi connectivity index (χ2n) is 4.86. The summed E-state index contributed by atoms with van der Waals surface area (Å²) < 4.78 is 0. The number of carbonyl (C=O) groups is 2. The van der Waals surface area contributed by atoms with E-state index in [1.54, 1.807) is 6.07 Å². The van der Waals surface area contributed by atoms with Gasteiger partial charge in [0.05, 0.1) is 16.4 Å². The molecule has 136 valence electrons. The second kappa shape index (κ2) is 8.62. The van der Waals surface area contributed by atoms with Gasteiger partial charge in [-0.25, -0.2) is 4.79 Å². The van der Waals surface area contributed by atoms with Crippen LogP contribution in [-0.2, 0) is 9.59 Å². The lowest BCUT2D eigenvalue weighted by atomic mass is 10.2. The molecule has 0 bridgehead atoms. The van der Waals surface area contributed by atoms with Crippen LogP contribution in [0.4, 0.5) is 17.2 Å². The first-order valence-electron chi connectivity index (χ1n) is 7.09. The Labute approximate surface area is 149 Å². The summed E-state index contributed by atoms with van der Waals surface area (Å²) in [6.07, 6.45) is 0. The molecule has 12 heteroatoms. The van der Waals surface area contributed by atoms with Crippen LogP contribution in [0, 0.1) is 10.1 Å². The van der Waals surface area contributed by atoms with E-state index in [1.807, 2.05) is 4.98 Å². The molecule has 1 aromatic carbocycles. The standard InChI is InChI=1S/C14H13N5O6S/c20-11-5-10(17-14(23)18-11)16-13(22)7-26-6-12(21)15-8-3-1-2-4-9(8)19(24)25/h1-5H,6-7H2,(H,15,21)(H3,16,17,18,20,22,23). The molecular formula is C14H13N5O6S. The smallest absolute Gasteiger partial charge is 0.320 e. The Morgan fingerprint density at radius 2 is 1.73 bits per heavy atom. The van der Waals surface area contributed by atoms with Crippen LogP contribution in [0.15, 0.2) is 39.9 Å². The van der Waals surface area contributed by atoms with E-state index in [0.717, 1.165) is 17.8 Å². The molecule has 2 rings (SSSR count). The minimum Gasteiger partial charge on any atom is -0.320 e. The summed E-state index contributed by atoms with van der Waals surface area (Å²) in [4.78, 5) is 60.2. The molecule has 4 N–H and O–H groups in total. The number of para-hydroxylation sites is 2. The Morgan fingerprint density at radius 3 is 2.38 bits per heavy atom. The molecule has 0 saturated heterocycles. The number of H-pyrrole nitrogens is 2. The maximum absolute atomic E-state index is 11.8. The molecule has 0 spiro atoms. The SMILES string of the molecule is O=C(CSCC(=O)Nc1ccccc1[N+](=O)[O-])Nc1cc(=O)[nH]c(=O)[nH]1. The van der Waals surface area contributed by atoms with E-state index in [-0.39, 0.29) is 28.7 Å². The molecule has 11 nitrogen and oxygen atoms in total. The van der Waals surface area contributed by atoms with Gasteiger partial charge in [-0.05, 0) is 6.07 Å². The average molecular weight is 379 g/mol. The highest BCUT2D eigenvalue weighted by atomic mass is 32.2. The number of anilines is 2. The lowest BCUT2D eigenvalue weighted by Gasteiger charge is -2.06. The van der Waals surface area contributed by atoms with Crippen LogP contribution in [0.5, 0.6) is 0 Å². The van der Waals surface area contributed by atoms with Crippen molar-refractivity contribution in [3.63, 3.8) is 0 Å².